The quantitative estimate of drug-likeness (QED) is 0.877. The number of rotatable bonds is 5. The summed E-state index contributed by atoms with van der Waals surface area (Å²) >= 11 is 6.04. The molecule has 110 valence electrons. The molecule has 0 fully saturated rings. The van der Waals surface area contributed by atoms with E-state index in [4.69, 9.17) is 16.7 Å². The first kappa shape index (κ1) is 16.3. The smallest absolute Gasteiger partial charge is 0.323 e. The molecule has 2 N–H and O–H groups in total. The number of aryl methyl sites for hydroxylation is 1. The van der Waals surface area contributed by atoms with Gasteiger partial charge in [-0.2, -0.15) is 0 Å². The molecule has 2 amide bonds. The van der Waals surface area contributed by atoms with Gasteiger partial charge in [-0.25, -0.2) is 4.79 Å². The van der Waals surface area contributed by atoms with Crippen LogP contribution in [-0.2, 0) is 4.79 Å². The van der Waals surface area contributed by atoms with Crippen molar-refractivity contribution in [2.24, 2.45) is 5.92 Å². The number of hydrogen-bond donors (Lipinski definition) is 2. The van der Waals surface area contributed by atoms with Crippen molar-refractivity contribution in [3.05, 3.63) is 28.8 Å². The Hall–Kier alpha value is -1.75. The van der Waals surface area contributed by atoms with E-state index >= 15 is 0 Å². The Morgan fingerprint density at radius 2 is 2.05 bits per heavy atom. The SMILES string of the molecule is Cc1cccc(Cl)c1NC(=O)N(CC(=O)O)CC(C)C. The molecule has 0 atom stereocenters. The zero-order valence-corrected chi connectivity index (χ0v) is 12.6. The molecule has 0 aliphatic heterocycles. The molecule has 20 heavy (non-hydrogen) atoms. The lowest BCUT2D eigenvalue weighted by atomic mass is 10.2. The molecular formula is C14H19ClN2O3. The van der Waals surface area contributed by atoms with Crippen molar-refractivity contribution >= 4 is 29.3 Å². The number of urea groups is 1. The predicted octanol–water partition coefficient (Wildman–Crippen LogP) is 3.22. The Labute approximate surface area is 123 Å². The third-order valence-corrected chi connectivity index (χ3v) is 2.97. The van der Waals surface area contributed by atoms with Crippen molar-refractivity contribution in [3.8, 4) is 0 Å². The first-order valence-electron chi connectivity index (χ1n) is 6.34. The lowest BCUT2D eigenvalue weighted by Gasteiger charge is -2.23. The predicted molar refractivity (Wildman–Crippen MR) is 79.3 cm³/mol. The summed E-state index contributed by atoms with van der Waals surface area (Å²) in [5, 5.41) is 12.0. The maximum Gasteiger partial charge on any atom is 0.323 e. The summed E-state index contributed by atoms with van der Waals surface area (Å²) in [5.74, 6) is -0.871. The first-order valence-corrected chi connectivity index (χ1v) is 6.72. The number of carboxylic acids is 1. The summed E-state index contributed by atoms with van der Waals surface area (Å²) in [4.78, 5) is 24.3. The van der Waals surface area contributed by atoms with Crippen LogP contribution in [0.5, 0.6) is 0 Å². The number of halogens is 1. The van der Waals surface area contributed by atoms with E-state index in [1.165, 1.54) is 4.90 Å². The van der Waals surface area contributed by atoms with Crippen LogP contribution in [0.3, 0.4) is 0 Å². The van der Waals surface area contributed by atoms with Gasteiger partial charge in [0.1, 0.15) is 6.54 Å². The number of carbonyl (C=O) groups is 2. The molecule has 0 saturated carbocycles. The summed E-state index contributed by atoms with van der Waals surface area (Å²) in [6.07, 6.45) is 0. The minimum atomic E-state index is -1.04. The van der Waals surface area contributed by atoms with Gasteiger partial charge < -0.3 is 15.3 Å². The Morgan fingerprint density at radius 1 is 1.40 bits per heavy atom. The van der Waals surface area contributed by atoms with E-state index in [2.05, 4.69) is 5.32 Å². The molecule has 0 spiro atoms. The number of carbonyl (C=O) groups excluding carboxylic acids is 1. The number of carboxylic acid groups (broad SMARTS) is 1. The molecule has 0 saturated heterocycles. The normalized spacial score (nSPS) is 10.4. The van der Waals surface area contributed by atoms with Gasteiger partial charge in [-0.15, -0.1) is 0 Å². The number of nitrogens with zero attached hydrogens (tertiary/aromatic N) is 1. The van der Waals surface area contributed by atoms with E-state index in [9.17, 15) is 9.59 Å². The Bertz CT molecular complexity index is 483. The number of benzene rings is 1. The van der Waals surface area contributed by atoms with Crippen LogP contribution in [0.1, 0.15) is 19.4 Å². The topological polar surface area (TPSA) is 69.6 Å². The van der Waals surface area contributed by atoms with E-state index in [0.717, 1.165) is 5.56 Å². The zero-order chi connectivity index (χ0) is 15.3. The fourth-order valence-corrected chi connectivity index (χ4v) is 2.07. The largest absolute Gasteiger partial charge is 0.480 e. The summed E-state index contributed by atoms with van der Waals surface area (Å²) in [6, 6.07) is 4.83. The summed E-state index contributed by atoms with van der Waals surface area (Å²) in [5.41, 5.74) is 1.34. The van der Waals surface area contributed by atoms with E-state index < -0.39 is 12.0 Å². The highest BCUT2D eigenvalue weighted by Crippen LogP contribution is 2.25. The van der Waals surface area contributed by atoms with Crippen LogP contribution in [0, 0.1) is 12.8 Å². The van der Waals surface area contributed by atoms with E-state index in [-0.39, 0.29) is 12.5 Å². The second-order valence-corrected chi connectivity index (χ2v) is 5.44. The molecule has 6 heteroatoms. The molecule has 0 aliphatic rings. The Balaban J connectivity index is 2.87. The van der Waals surface area contributed by atoms with Gasteiger partial charge in [-0.1, -0.05) is 37.6 Å². The molecule has 0 aromatic heterocycles. The van der Waals surface area contributed by atoms with E-state index in [0.29, 0.717) is 17.3 Å². The lowest BCUT2D eigenvalue weighted by Crippen LogP contribution is -2.41. The van der Waals surface area contributed by atoms with Crippen molar-refractivity contribution < 1.29 is 14.7 Å². The van der Waals surface area contributed by atoms with Gasteiger partial charge in [-0.3, -0.25) is 4.79 Å². The van der Waals surface area contributed by atoms with Crippen LogP contribution in [0.2, 0.25) is 5.02 Å². The van der Waals surface area contributed by atoms with Crippen molar-refractivity contribution in [2.75, 3.05) is 18.4 Å². The molecule has 1 rings (SSSR count). The minimum Gasteiger partial charge on any atom is -0.480 e. The molecule has 0 radical (unpaired) electrons. The fraction of sp³-hybridized carbons (Fsp3) is 0.429. The molecule has 0 bridgehead atoms. The zero-order valence-electron chi connectivity index (χ0n) is 11.8. The maximum absolute atomic E-state index is 12.2. The molecule has 0 aliphatic carbocycles. The Kier molecular flexibility index (Phi) is 5.82. The number of nitrogens with one attached hydrogen (secondary N) is 1. The average molecular weight is 299 g/mol. The maximum atomic E-state index is 12.2. The molecule has 0 heterocycles. The first-order chi connectivity index (χ1) is 9.31. The fourth-order valence-electron chi connectivity index (χ4n) is 1.80. The van der Waals surface area contributed by atoms with Gasteiger partial charge in [0.2, 0.25) is 0 Å². The van der Waals surface area contributed by atoms with Crippen LogP contribution in [0.15, 0.2) is 18.2 Å². The third-order valence-electron chi connectivity index (χ3n) is 2.65. The highest BCUT2D eigenvalue weighted by Gasteiger charge is 2.19. The van der Waals surface area contributed by atoms with Crippen LogP contribution in [-0.4, -0.2) is 35.1 Å². The van der Waals surface area contributed by atoms with Crippen molar-refractivity contribution in [1.29, 1.82) is 0 Å². The average Bonchev–Trinajstić information content (AvgIpc) is 2.31. The number of aliphatic carboxylic acids is 1. The molecular weight excluding hydrogens is 280 g/mol. The third kappa shape index (κ3) is 4.74. The van der Waals surface area contributed by atoms with Crippen LogP contribution in [0.4, 0.5) is 10.5 Å². The lowest BCUT2D eigenvalue weighted by molar-refractivity contribution is -0.137. The van der Waals surface area contributed by atoms with Gasteiger partial charge in [0.25, 0.3) is 0 Å². The highest BCUT2D eigenvalue weighted by atomic mass is 35.5. The van der Waals surface area contributed by atoms with Gasteiger partial charge in [0, 0.05) is 6.54 Å². The minimum absolute atomic E-state index is 0.174. The van der Waals surface area contributed by atoms with Gasteiger partial charge in [0.05, 0.1) is 10.7 Å². The Morgan fingerprint density at radius 3 is 2.55 bits per heavy atom. The van der Waals surface area contributed by atoms with E-state index in [1.807, 2.05) is 26.8 Å². The van der Waals surface area contributed by atoms with Crippen molar-refractivity contribution in [3.63, 3.8) is 0 Å². The van der Waals surface area contributed by atoms with Gasteiger partial charge in [-0.05, 0) is 24.5 Å². The number of amides is 2. The van der Waals surface area contributed by atoms with Crippen molar-refractivity contribution in [2.45, 2.75) is 20.8 Å². The molecule has 0 unspecified atom stereocenters. The van der Waals surface area contributed by atoms with Crippen LogP contribution < -0.4 is 5.32 Å². The summed E-state index contributed by atoms with van der Waals surface area (Å²) < 4.78 is 0. The van der Waals surface area contributed by atoms with Crippen molar-refractivity contribution in [1.82, 2.24) is 4.90 Å². The second-order valence-electron chi connectivity index (χ2n) is 5.03. The van der Waals surface area contributed by atoms with Crippen LogP contribution >= 0.6 is 11.6 Å². The number of hydrogen-bond acceptors (Lipinski definition) is 2. The monoisotopic (exact) mass is 298 g/mol. The highest BCUT2D eigenvalue weighted by molar-refractivity contribution is 6.33. The van der Waals surface area contributed by atoms with Gasteiger partial charge >= 0.3 is 12.0 Å². The molecule has 1 aromatic rings. The van der Waals surface area contributed by atoms with E-state index in [1.54, 1.807) is 12.1 Å². The molecule has 5 nitrogen and oxygen atoms in total. The summed E-state index contributed by atoms with van der Waals surface area (Å²) in [6.45, 7) is 5.69. The van der Waals surface area contributed by atoms with Crippen LogP contribution in [0.25, 0.3) is 0 Å². The number of para-hydroxylation sites is 1. The molecule has 1 aromatic carbocycles. The second kappa shape index (κ2) is 7.14. The summed E-state index contributed by atoms with van der Waals surface area (Å²) in [7, 11) is 0. The van der Waals surface area contributed by atoms with Gasteiger partial charge in [0.15, 0.2) is 0 Å². The number of anilines is 1. The standard InChI is InChI=1S/C14H19ClN2O3/c1-9(2)7-17(8-12(18)19)14(20)16-13-10(3)5-4-6-11(13)15/h4-6,9H,7-8H2,1-3H3,(H,16,20)(H,18,19).